The Balaban J connectivity index is 2.37. The van der Waals surface area contributed by atoms with Crippen LogP contribution < -0.4 is 16.4 Å². The summed E-state index contributed by atoms with van der Waals surface area (Å²) >= 11 is 0. The first kappa shape index (κ1) is 10.5. The summed E-state index contributed by atoms with van der Waals surface area (Å²) < 4.78 is 0. The van der Waals surface area contributed by atoms with Gasteiger partial charge in [0.05, 0.1) is 6.04 Å². The number of rotatable bonds is 3. The van der Waals surface area contributed by atoms with E-state index in [1.54, 1.807) is 0 Å². The Kier molecular flexibility index (Phi) is 3.69. The molecule has 1 aliphatic rings. The van der Waals surface area contributed by atoms with Crippen LogP contribution in [-0.4, -0.2) is 31.1 Å². The van der Waals surface area contributed by atoms with Crippen molar-refractivity contribution in [1.82, 2.24) is 10.6 Å². The fraction of sp³-hybridized carbons (Fsp3) is 0.889. The Hall–Kier alpha value is -0.610. The van der Waals surface area contributed by atoms with Gasteiger partial charge in [-0.25, -0.2) is 0 Å². The van der Waals surface area contributed by atoms with Crippen molar-refractivity contribution >= 4 is 5.91 Å². The second-order valence-electron chi connectivity index (χ2n) is 3.87. The second kappa shape index (κ2) is 4.58. The van der Waals surface area contributed by atoms with E-state index in [1.807, 2.05) is 6.92 Å². The third-order valence-electron chi connectivity index (χ3n) is 2.68. The maximum atomic E-state index is 10.8. The van der Waals surface area contributed by atoms with Crippen LogP contribution in [0.25, 0.3) is 0 Å². The smallest absolute Gasteiger partial charge is 0.234 e. The number of nitrogens with one attached hydrogen (secondary N) is 2. The zero-order valence-corrected chi connectivity index (χ0v) is 8.34. The number of hydrogen-bond acceptors (Lipinski definition) is 3. The van der Waals surface area contributed by atoms with Crippen molar-refractivity contribution in [1.29, 1.82) is 0 Å². The van der Waals surface area contributed by atoms with Crippen LogP contribution in [-0.2, 0) is 4.79 Å². The predicted molar refractivity (Wildman–Crippen MR) is 52.2 cm³/mol. The van der Waals surface area contributed by atoms with Crippen LogP contribution in [0, 0.1) is 5.92 Å². The summed E-state index contributed by atoms with van der Waals surface area (Å²) in [5, 5.41) is 6.56. The highest BCUT2D eigenvalue weighted by Crippen LogP contribution is 2.10. The zero-order chi connectivity index (χ0) is 9.84. The Morgan fingerprint density at radius 2 is 2.38 bits per heavy atom. The lowest BCUT2D eigenvalue weighted by molar-refractivity contribution is -0.119. The molecule has 4 N–H and O–H groups in total. The van der Waals surface area contributed by atoms with Crippen LogP contribution in [0.1, 0.15) is 20.3 Å². The summed E-state index contributed by atoms with van der Waals surface area (Å²) in [4.78, 5) is 10.8. The van der Waals surface area contributed by atoms with Gasteiger partial charge in [-0.15, -0.1) is 0 Å². The van der Waals surface area contributed by atoms with E-state index in [2.05, 4.69) is 17.6 Å². The molecule has 1 aliphatic heterocycles. The SMILES string of the molecule is CC(NC1CCNCC1C)C(N)=O. The Morgan fingerprint density at radius 1 is 1.69 bits per heavy atom. The van der Waals surface area contributed by atoms with Crippen LogP contribution in [0.15, 0.2) is 0 Å². The Labute approximate surface area is 79.3 Å². The van der Waals surface area contributed by atoms with Gasteiger partial charge in [-0.1, -0.05) is 6.92 Å². The molecule has 76 valence electrons. The molecule has 0 radical (unpaired) electrons. The molecule has 3 unspecified atom stereocenters. The van der Waals surface area contributed by atoms with E-state index in [1.165, 1.54) is 0 Å². The van der Waals surface area contributed by atoms with Crippen LogP contribution >= 0.6 is 0 Å². The van der Waals surface area contributed by atoms with Gasteiger partial charge in [-0.05, 0) is 32.4 Å². The number of piperidine rings is 1. The van der Waals surface area contributed by atoms with Crippen LogP contribution in [0.4, 0.5) is 0 Å². The van der Waals surface area contributed by atoms with Crippen molar-refractivity contribution in [3.05, 3.63) is 0 Å². The number of primary amides is 1. The summed E-state index contributed by atoms with van der Waals surface area (Å²) in [5.74, 6) is 0.293. The zero-order valence-electron chi connectivity index (χ0n) is 8.34. The second-order valence-corrected chi connectivity index (χ2v) is 3.87. The monoisotopic (exact) mass is 185 g/mol. The summed E-state index contributed by atoms with van der Waals surface area (Å²) in [6, 6.07) is 0.203. The van der Waals surface area contributed by atoms with E-state index in [9.17, 15) is 4.79 Å². The minimum atomic E-state index is -0.272. The molecule has 0 spiro atoms. The predicted octanol–water partition coefficient (Wildman–Crippen LogP) is -0.552. The number of hydrogen-bond donors (Lipinski definition) is 3. The third-order valence-corrected chi connectivity index (χ3v) is 2.68. The van der Waals surface area contributed by atoms with Gasteiger partial charge in [0, 0.05) is 6.04 Å². The van der Waals surface area contributed by atoms with Gasteiger partial charge in [-0.2, -0.15) is 0 Å². The maximum Gasteiger partial charge on any atom is 0.234 e. The molecule has 0 aromatic rings. The maximum absolute atomic E-state index is 10.8. The summed E-state index contributed by atoms with van der Waals surface area (Å²) in [6.07, 6.45) is 1.07. The molecule has 1 heterocycles. The standard InChI is InChI=1S/C9H19N3O/c1-6-5-11-4-3-8(6)12-7(2)9(10)13/h6-8,11-12H,3-5H2,1-2H3,(H2,10,13). The van der Waals surface area contributed by atoms with Crippen LogP contribution in [0.5, 0.6) is 0 Å². The van der Waals surface area contributed by atoms with Gasteiger partial charge in [0.15, 0.2) is 0 Å². The van der Waals surface area contributed by atoms with Gasteiger partial charge in [0.25, 0.3) is 0 Å². The molecule has 4 nitrogen and oxygen atoms in total. The van der Waals surface area contributed by atoms with Gasteiger partial charge in [-0.3, -0.25) is 4.79 Å². The average Bonchev–Trinajstić information content (AvgIpc) is 2.08. The highest BCUT2D eigenvalue weighted by molar-refractivity contribution is 5.79. The normalized spacial score (nSPS) is 31.2. The Morgan fingerprint density at radius 3 is 2.92 bits per heavy atom. The van der Waals surface area contributed by atoms with E-state index in [-0.39, 0.29) is 11.9 Å². The molecular formula is C9H19N3O. The quantitative estimate of drug-likeness (QED) is 0.552. The summed E-state index contributed by atoms with van der Waals surface area (Å²) in [7, 11) is 0. The van der Waals surface area contributed by atoms with Gasteiger partial charge in [0.1, 0.15) is 0 Å². The van der Waals surface area contributed by atoms with Gasteiger partial charge < -0.3 is 16.4 Å². The Bertz CT molecular complexity index is 184. The van der Waals surface area contributed by atoms with Crippen LogP contribution in [0.2, 0.25) is 0 Å². The largest absolute Gasteiger partial charge is 0.368 e. The number of carbonyl (C=O) groups is 1. The fourth-order valence-corrected chi connectivity index (χ4v) is 1.66. The van der Waals surface area contributed by atoms with E-state index in [0.717, 1.165) is 19.5 Å². The lowest BCUT2D eigenvalue weighted by atomic mass is 9.94. The van der Waals surface area contributed by atoms with Gasteiger partial charge in [0.2, 0.25) is 5.91 Å². The molecule has 0 bridgehead atoms. The number of carbonyl (C=O) groups excluding carboxylic acids is 1. The first-order chi connectivity index (χ1) is 6.11. The van der Waals surface area contributed by atoms with Crippen molar-refractivity contribution in [2.45, 2.75) is 32.4 Å². The van der Waals surface area contributed by atoms with Crippen molar-refractivity contribution in [3.63, 3.8) is 0 Å². The van der Waals surface area contributed by atoms with Crippen molar-refractivity contribution in [2.24, 2.45) is 11.7 Å². The van der Waals surface area contributed by atoms with E-state index >= 15 is 0 Å². The molecule has 0 aliphatic carbocycles. The van der Waals surface area contributed by atoms with E-state index in [4.69, 9.17) is 5.73 Å². The molecule has 0 aromatic carbocycles. The lowest BCUT2D eigenvalue weighted by Gasteiger charge is -2.31. The molecule has 1 rings (SSSR count). The third kappa shape index (κ3) is 2.97. The molecule has 1 amide bonds. The minimum absolute atomic E-state index is 0.217. The molecule has 4 heteroatoms. The van der Waals surface area contributed by atoms with Crippen molar-refractivity contribution < 1.29 is 4.79 Å². The van der Waals surface area contributed by atoms with Crippen molar-refractivity contribution in [2.75, 3.05) is 13.1 Å². The first-order valence-electron chi connectivity index (χ1n) is 4.87. The summed E-state index contributed by atoms with van der Waals surface area (Å²) in [5.41, 5.74) is 5.18. The minimum Gasteiger partial charge on any atom is -0.368 e. The number of amides is 1. The molecular weight excluding hydrogens is 166 g/mol. The molecule has 1 fully saturated rings. The molecule has 13 heavy (non-hydrogen) atoms. The van der Waals surface area contributed by atoms with Crippen LogP contribution in [0.3, 0.4) is 0 Å². The molecule has 1 saturated heterocycles. The highest BCUT2D eigenvalue weighted by Gasteiger charge is 2.23. The first-order valence-corrected chi connectivity index (χ1v) is 4.87. The number of nitrogens with two attached hydrogens (primary N) is 1. The fourth-order valence-electron chi connectivity index (χ4n) is 1.66. The van der Waals surface area contributed by atoms with E-state index < -0.39 is 0 Å². The molecule has 3 atom stereocenters. The van der Waals surface area contributed by atoms with Gasteiger partial charge >= 0.3 is 0 Å². The molecule has 0 saturated carbocycles. The average molecular weight is 185 g/mol. The van der Waals surface area contributed by atoms with E-state index in [0.29, 0.717) is 12.0 Å². The highest BCUT2D eigenvalue weighted by atomic mass is 16.1. The van der Waals surface area contributed by atoms with Crippen molar-refractivity contribution in [3.8, 4) is 0 Å². The lowest BCUT2D eigenvalue weighted by Crippen LogP contribution is -2.52. The summed E-state index contributed by atoms with van der Waals surface area (Å²) in [6.45, 7) is 6.03. The molecule has 0 aromatic heterocycles. The topological polar surface area (TPSA) is 67.2 Å².